The summed E-state index contributed by atoms with van der Waals surface area (Å²) in [6.07, 6.45) is 1.28. The predicted molar refractivity (Wildman–Crippen MR) is 57.7 cm³/mol. The molecule has 2 aromatic heterocycles. The Morgan fingerprint density at radius 1 is 1.07 bits per heavy atom. The number of hydrogen-bond acceptors (Lipinski definition) is 3. The highest BCUT2D eigenvalue weighted by atomic mass is 16.1. The van der Waals surface area contributed by atoms with Crippen LogP contribution in [-0.4, -0.2) is 15.0 Å². The van der Waals surface area contributed by atoms with E-state index in [0.717, 1.165) is 10.9 Å². The molecule has 0 aliphatic rings. The number of nitrogens with one attached hydrogen (secondary N) is 1. The predicted octanol–water partition coefficient (Wildman–Crippen LogP) is 1.47. The lowest BCUT2D eigenvalue weighted by Gasteiger charge is -1.83. The van der Waals surface area contributed by atoms with Gasteiger partial charge in [0, 0.05) is 10.9 Å². The Balaban J connectivity index is 2.70. The molecule has 15 heavy (non-hydrogen) atoms. The van der Waals surface area contributed by atoms with Gasteiger partial charge in [-0.1, -0.05) is 24.3 Å². The van der Waals surface area contributed by atoms with Crippen molar-refractivity contribution in [3.8, 4) is 0 Å². The van der Waals surface area contributed by atoms with E-state index in [2.05, 4.69) is 15.0 Å². The summed E-state index contributed by atoms with van der Waals surface area (Å²) in [6, 6.07) is 9.51. The normalized spacial score (nSPS) is 10.9. The van der Waals surface area contributed by atoms with E-state index in [1.54, 1.807) is 0 Å². The number of fused-ring (bicyclic) bond motifs is 3. The lowest BCUT2D eigenvalue weighted by atomic mass is 10.2. The highest BCUT2D eigenvalue weighted by molar-refractivity contribution is 6.04. The largest absolute Gasteiger partial charge is 0.339 e. The second-order valence-corrected chi connectivity index (χ2v) is 3.27. The number of nitrogens with zero attached hydrogens (tertiary/aromatic N) is 2. The van der Waals surface area contributed by atoms with Crippen LogP contribution in [-0.2, 0) is 0 Å². The molecule has 4 nitrogen and oxygen atoms in total. The summed E-state index contributed by atoms with van der Waals surface area (Å²) in [5, 5.41) is 1.42. The summed E-state index contributed by atoms with van der Waals surface area (Å²) >= 11 is 0. The minimum atomic E-state index is -0.238. The monoisotopic (exact) mass is 197 g/mol. The average Bonchev–Trinajstić information content (AvgIpc) is 2.43. The molecule has 1 N–H and O–H groups in total. The fourth-order valence-electron chi connectivity index (χ4n) is 1.71. The van der Waals surface area contributed by atoms with Crippen LogP contribution < -0.4 is 5.56 Å². The molecule has 2 heterocycles. The van der Waals surface area contributed by atoms with Crippen LogP contribution >= 0.6 is 0 Å². The van der Waals surface area contributed by atoms with Gasteiger partial charge in [-0.15, -0.1) is 0 Å². The minimum Gasteiger partial charge on any atom is -0.339 e. The van der Waals surface area contributed by atoms with Crippen molar-refractivity contribution in [3.63, 3.8) is 0 Å². The fraction of sp³-hybridized carbons (Fsp3) is 0. The molecule has 4 heteroatoms. The van der Waals surface area contributed by atoms with Crippen molar-refractivity contribution in [1.29, 1.82) is 0 Å². The summed E-state index contributed by atoms with van der Waals surface area (Å²) in [6.45, 7) is 0. The Hall–Kier alpha value is -2.23. The SMILES string of the molecule is O=c1ncnc2[nH]c3cccccc3c12. The third kappa shape index (κ3) is 1.11. The van der Waals surface area contributed by atoms with Crippen LogP contribution in [0.3, 0.4) is 0 Å². The van der Waals surface area contributed by atoms with E-state index in [-0.39, 0.29) is 5.56 Å². The summed E-state index contributed by atoms with van der Waals surface area (Å²) < 4.78 is 0. The molecule has 0 bridgehead atoms. The molecular formula is C11H7N3O. The second-order valence-electron chi connectivity index (χ2n) is 3.27. The van der Waals surface area contributed by atoms with Crippen molar-refractivity contribution in [2.75, 3.05) is 0 Å². The first kappa shape index (κ1) is 8.11. The molecule has 0 amide bonds. The summed E-state index contributed by atoms with van der Waals surface area (Å²) in [7, 11) is 0. The van der Waals surface area contributed by atoms with Crippen molar-refractivity contribution in [2.24, 2.45) is 0 Å². The standard InChI is InChI=1S/C11H7N3O/c15-11-9-7-4-2-1-3-5-8(7)14-10(9)12-6-13-11/h1-6H,(H,12,13,14,15). The zero-order chi connectivity index (χ0) is 10.3. The Labute approximate surface area is 84.6 Å². The molecule has 0 saturated carbocycles. The topological polar surface area (TPSA) is 58.6 Å². The Morgan fingerprint density at radius 3 is 2.87 bits per heavy atom. The zero-order valence-corrected chi connectivity index (χ0v) is 7.77. The molecule has 0 unspecified atom stereocenters. The highest BCUT2D eigenvalue weighted by Gasteiger charge is 2.06. The van der Waals surface area contributed by atoms with E-state index in [0.29, 0.717) is 11.0 Å². The van der Waals surface area contributed by atoms with Crippen LogP contribution in [0.5, 0.6) is 0 Å². The van der Waals surface area contributed by atoms with Gasteiger partial charge in [-0.25, -0.2) is 4.98 Å². The number of aromatic nitrogens is 3. The first-order valence-electron chi connectivity index (χ1n) is 4.58. The maximum absolute atomic E-state index is 11.6. The highest BCUT2D eigenvalue weighted by Crippen LogP contribution is 2.18. The van der Waals surface area contributed by atoms with E-state index < -0.39 is 0 Å². The van der Waals surface area contributed by atoms with Crippen LogP contribution in [0.1, 0.15) is 0 Å². The van der Waals surface area contributed by atoms with Gasteiger partial charge in [0.15, 0.2) is 0 Å². The van der Waals surface area contributed by atoms with Crippen LogP contribution in [0.15, 0.2) is 41.5 Å². The van der Waals surface area contributed by atoms with Crippen molar-refractivity contribution < 1.29 is 0 Å². The molecule has 3 aromatic rings. The van der Waals surface area contributed by atoms with E-state index in [4.69, 9.17) is 0 Å². The Morgan fingerprint density at radius 2 is 1.93 bits per heavy atom. The van der Waals surface area contributed by atoms with Crippen LogP contribution in [0, 0.1) is 0 Å². The van der Waals surface area contributed by atoms with Crippen molar-refractivity contribution in [3.05, 3.63) is 47.0 Å². The Bertz CT molecular complexity index is 703. The zero-order valence-electron chi connectivity index (χ0n) is 7.77. The molecule has 0 radical (unpaired) electrons. The van der Waals surface area contributed by atoms with Crippen molar-refractivity contribution in [1.82, 2.24) is 15.0 Å². The summed E-state index contributed by atoms with van der Waals surface area (Å²) in [4.78, 5) is 22.4. The maximum Gasteiger partial charge on any atom is 0.282 e. The van der Waals surface area contributed by atoms with E-state index in [9.17, 15) is 4.79 Å². The van der Waals surface area contributed by atoms with Gasteiger partial charge in [0.05, 0.1) is 5.39 Å². The number of hydrogen-bond donors (Lipinski definition) is 1. The van der Waals surface area contributed by atoms with Crippen molar-refractivity contribution >= 4 is 21.9 Å². The van der Waals surface area contributed by atoms with Crippen molar-refractivity contribution in [2.45, 2.75) is 0 Å². The van der Waals surface area contributed by atoms with Gasteiger partial charge in [0.1, 0.15) is 12.0 Å². The third-order valence-electron chi connectivity index (χ3n) is 2.37. The van der Waals surface area contributed by atoms with E-state index in [1.807, 2.05) is 30.3 Å². The molecular weight excluding hydrogens is 190 g/mol. The van der Waals surface area contributed by atoms with E-state index >= 15 is 0 Å². The third-order valence-corrected chi connectivity index (χ3v) is 2.37. The number of aromatic amines is 1. The molecule has 1 aromatic carbocycles. The van der Waals surface area contributed by atoms with Crippen LogP contribution in [0.4, 0.5) is 0 Å². The van der Waals surface area contributed by atoms with Gasteiger partial charge in [-0.05, 0) is 6.07 Å². The Kier molecular flexibility index (Phi) is 1.56. The minimum absolute atomic E-state index is 0.238. The fourth-order valence-corrected chi connectivity index (χ4v) is 1.71. The first-order chi connectivity index (χ1) is 7.36. The number of rotatable bonds is 0. The second kappa shape index (κ2) is 2.88. The van der Waals surface area contributed by atoms with E-state index in [1.165, 1.54) is 6.33 Å². The molecule has 0 aliphatic heterocycles. The number of H-pyrrole nitrogens is 1. The summed E-state index contributed by atoms with van der Waals surface area (Å²) in [5.74, 6) is 0. The molecule has 0 fully saturated rings. The lowest BCUT2D eigenvalue weighted by Crippen LogP contribution is -2.04. The van der Waals surface area contributed by atoms with Gasteiger partial charge in [0.2, 0.25) is 0 Å². The van der Waals surface area contributed by atoms with Crippen LogP contribution in [0.25, 0.3) is 21.9 Å². The molecule has 0 saturated heterocycles. The molecule has 0 aliphatic carbocycles. The van der Waals surface area contributed by atoms with Crippen LogP contribution in [0.2, 0.25) is 0 Å². The molecule has 3 rings (SSSR count). The maximum atomic E-state index is 11.6. The quantitative estimate of drug-likeness (QED) is 0.593. The molecule has 0 spiro atoms. The molecule has 0 atom stereocenters. The van der Waals surface area contributed by atoms with Gasteiger partial charge >= 0.3 is 0 Å². The lowest BCUT2D eigenvalue weighted by molar-refractivity contribution is 1.16. The van der Waals surface area contributed by atoms with Gasteiger partial charge < -0.3 is 4.98 Å². The average molecular weight is 197 g/mol. The van der Waals surface area contributed by atoms with Gasteiger partial charge in [0.25, 0.3) is 5.56 Å². The molecule has 72 valence electrons. The first-order valence-corrected chi connectivity index (χ1v) is 4.58. The van der Waals surface area contributed by atoms with Gasteiger partial charge in [-0.3, -0.25) is 4.79 Å². The smallest absolute Gasteiger partial charge is 0.282 e. The summed E-state index contributed by atoms with van der Waals surface area (Å²) in [5.41, 5.74) is 1.25. The van der Waals surface area contributed by atoms with Gasteiger partial charge in [-0.2, -0.15) is 4.98 Å².